The summed E-state index contributed by atoms with van der Waals surface area (Å²) in [4.78, 5) is 22.6. The fourth-order valence-electron chi connectivity index (χ4n) is 2.48. The van der Waals surface area contributed by atoms with E-state index in [2.05, 4.69) is 5.32 Å². The Morgan fingerprint density at radius 2 is 1.88 bits per heavy atom. The lowest BCUT2D eigenvalue weighted by atomic mass is 9.93. The number of carboxylic acids is 1. The molecule has 0 aromatic rings. The molecule has 0 spiro atoms. The van der Waals surface area contributed by atoms with E-state index in [0.717, 1.165) is 38.5 Å². The zero-order valence-electron chi connectivity index (χ0n) is 10.2. The molecule has 0 aromatic heterocycles. The molecule has 0 atom stereocenters. The molecule has 5 nitrogen and oxygen atoms in total. The van der Waals surface area contributed by atoms with Crippen LogP contribution in [0, 0.1) is 0 Å². The third-order valence-electron chi connectivity index (χ3n) is 3.31. The van der Waals surface area contributed by atoms with E-state index in [9.17, 15) is 9.59 Å². The van der Waals surface area contributed by atoms with E-state index in [-0.39, 0.29) is 12.3 Å². The number of hydrogen-bond acceptors (Lipinski definition) is 3. The van der Waals surface area contributed by atoms with Crippen LogP contribution in [0.2, 0.25) is 0 Å². The topological polar surface area (TPSA) is 92.4 Å². The SMILES string of the molecule is NCCCCC(=O)NC1(CC(=O)O)CCCC1. The first-order valence-corrected chi connectivity index (χ1v) is 6.31. The normalized spacial score (nSPS) is 17.9. The van der Waals surface area contributed by atoms with Gasteiger partial charge in [0.25, 0.3) is 0 Å². The number of carbonyl (C=O) groups is 2. The van der Waals surface area contributed by atoms with Crippen molar-refractivity contribution in [2.45, 2.75) is 56.9 Å². The first kappa shape index (κ1) is 14.0. The van der Waals surface area contributed by atoms with Crippen molar-refractivity contribution < 1.29 is 14.7 Å². The Morgan fingerprint density at radius 3 is 2.41 bits per heavy atom. The maximum absolute atomic E-state index is 11.7. The highest BCUT2D eigenvalue weighted by molar-refractivity contribution is 5.78. The molecule has 4 N–H and O–H groups in total. The molecule has 98 valence electrons. The molecular weight excluding hydrogens is 220 g/mol. The van der Waals surface area contributed by atoms with Gasteiger partial charge in [-0.15, -0.1) is 0 Å². The molecule has 0 aromatic carbocycles. The van der Waals surface area contributed by atoms with Crippen molar-refractivity contribution in [2.75, 3.05) is 6.54 Å². The maximum Gasteiger partial charge on any atom is 0.305 e. The van der Waals surface area contributed by atoms with Crippen LogP contribution in [-0.4, -0.2) is 29.1 Å². The molecule has 5 heteroatoms. The molecule has 1 amide bonds. The summed E-state index contributed by atoms with van der Waals surface area (Å²) in [5, 5.41) is 11.8. The van der Waals surface area contributed by atoms with Gasteiger partial charge in [0.05, 0.1) is 12.0 Å². The van der Waals surface area contributed by atoms with Crippen LogP contribution in [0.15, 0.2) is 0 Å². The molecule has 1 saturated carbocycles. The number of unbranched alkanes of at least 4 members (excludes halogenated alkanes) is 1. The van der Waals surface area contributed by atoms with Gasteiger partial charge in [-0.1, -0.05) is 12.8 Å². The van der Waals surface area contributed by atoms with Crippen LogP contribution in [0.4, 0.5) is 0 Å². The molecule has 0 aliphatic heterocycles. The highest BCUT2D eigenvalue weighted by Crippen LogP contribution is 2.32. The van der Waals surface area contributed by atoms with Crippen LogP contribution in [-0.2, 0) is 9.59 Å². The third kappa shape index (κ3) is 4.73. The van der Waals surface area contributed by atoms with Crippen LogP contribution in [0.1, 0.15) is 51.4 Å². The first-order valence-electron chi connectivity index (χ1n) is 6.31. The minimum atomic E-state index is -0.839. The van der Waals surface area contributed by atoms with E-state index < -0.39 is 11.5 Å². The van der Waals surface area contributed by atoms with Gasteiger partial charge in [-0.2, -0.15) is 0 Å². The average Bonchev–Trinajstić information content (AvgIpc) is 2.65. The highest BCUT2D eigenvalue weighted by atomic mass is 16.4. The van der Waals surface area contributed by atoms with E-state index in [0.29, 0.717) is 13.0 Å². The van der Waals surface area contributed by atoms with Crippen molar-refractivity contribution in [3.05, 3.63) is 0 Å². The Labute approximate surface area is 102 Å². The van der Waals surface area contributed by atoms with Crippen LogP contribution >= 0.6 is 0 Å². The van der Waals surface area contributed by atoms with E-state index in [1.807, 2.05) is 0 Å². The monoisotopic (exact) mass is 242 g/mol. The standard InChI is InChI=1S/C12H22N2O3/c13-8-4-1-5-10(15)14-12(9-11(16)17)6-2-3-7-12/h1-9,13H2,(H,14,15)(H,16,17). The van der Waals surface area contributed by atoms with Gasteiger partial charge < -0.3 is 16.2 Å². The number of rotatable bonds is 7. The van der Waals surface area contributed by atoms with Crippen molar-refractivity contribution in [3.63, 3.8) is 0 Å². The lowest BCUT2D eigenvalue weighted by Gasteiger charge is -2.28. The smallest absolute Gasteiger partial charge is 0.305 e. The molecule has 1 fully saturated rings. The summed E-state index contributed by atoms with van der Waals surface area (Å²) in [6.07, 6.45) is 5.63. The number of aliphatic carboxylic acids is 1. The van der Waals surface area contributed by atoms with Crippen molar-refractivity contribution in [2.24, 2.45) is 5.73 Å². The second-order valence-corrected chi connectivity index (χ2v) is 4.85. The molecule has 0 radical (unpaired) electrons. The summed E-state index contributed by atoms with van der Waals surface area (Å²) in [6.45, 7) is 0.591. The molecule has 1 aliphatic carbocycles. The number of nitrogens with one attached hydrogen (secondary N) is 1. The Kier molecular flexibility index (Phi) is 5.41. The Bertz CT molecular complexity index is 273. The number of amides is 1. The minimum absolute atomic E-state index is 0.0373. The van der Waals surface area contributed by atoms with Crippen LogP contribution in [0.5, 0.6) is 0 Å². The Balaban J connectivity index is 2.43. The molecule has 0 saturated heterocycles. The average molecular weight is 242 g/mol. The van der Waals surface area contributed by atoms with Crippen molar-refractivity contribution in [3.8, 4) is 0 Å². The summed E-state index contributed by atoms with van der Waals surface area (Å²) in [5.74, 6) is -0.879. The van der Waals surface area contributed by atoms with Crippen molar-refractivity contribution in [1.82, 2.24) is 5.32 Å². The molecule has 0 heterocycles. The molecule has 17 heavy (non-hydrogen) atoms. The summed E-state index contributed by atoms with van der Waals surface area (Å²) in [7, 11) is 0. The van der Waals surface area contributed by atoms with Gasteiger partial charge in [0.2, 0.25) is 5.91 Å². The van der Waals surface area contributed by atoms with Gasteiger partial charge in [-0.05, 0) is 32.2 Å². The predicted molar refractivity (Wildman–Crippen MR) is 64.5 cm³/mol. The van der Waals surface area contributed by atoms with Gasteiger partial charge >= 0.3 is 5.97 Å². The lowest BCUT2D eigenvalue weighted by Crippen LogP contribution is -2.47. The minimum Gasteiger partial charge on any atom is -0.481 e. The molecule has 1 rings (SSSR count). The zero-order valence-corrected chi connectivity index (χ0v) is 10.2. The summed E-state index contributed by atoms with van der Waals surface area (Å²) < 4.78 is 0. The first-order chi connectivity index (χ1) is 8.08. The Morgan fingerprint density at radius 1 is 1.24 bits per heavy atom. The predicted octanol–water partition coefficient (Wildman–Crippen LogP) is 1.02. The molecule has 0 bridgehead atoms. The quantitative estimate of drug-likeness (QED) is 0.581. The van der Waals surface area contributed by atoms with Crippen molar-refractivity contribution >= 4 is 11.9 Å². The number of nitrogens with two attached hydrogens (primary N) is 1. The van der Waals surface area contributed by atoms with E-state index in [1.54, 1.807) is 0 Å². The summed E-state index contributed by atoms with van der Waals surface area (Å²) >= 11 is 0. The number of carboxylic acid groups (broad SMARTS) is 1. The van der Waals surface area contributed by atoms with Gasteiger partial charge in [0.15, 0.2) is 0 Å². The van der Waals surface area contributed by atoms with Gasteiger partial charge in [0, 0.05) is 6.42 Å². The number of hydrogen-bond donors (Lipinski definition) is 3. The maximum atomic E-state index is 11.7. The van der Waals surface area contributed by atoms with Crippen LogP contribution in [0.25, 0.3) is 0 Å². The van der Waals surface area contributed by atoms with Gasteiger partial charge in [-0.3, -0.25) is 9.59 Å². The zero-order chi connectivity index (χ0) is 12.7. The van der Waals surface area contributed by atoms with Crippen LogP contribution in [0.3, 0.4) is 0 Å². The summed E-state index contributed by atoms with van der Waals surface area (Å²) in [5.41, 5.74) is 4.87. The fourth-order valence-corrected chi connectivity index (χ4v) is 2.48. The molecule has 1 aliphatic rings. The fraction of sp³-hybridized carbons (Fsp3) is 0.833. The van der Waals surface area contributed by atoms with Crippen molar-refractivity contribution in [1.29, 1.82) is 0 Å². The van der Waals surface area contributed by atoms with E-state index in [1.165, 1.54) is 0 Å². The van der Waals surface area contributed by atoms with Gasteiger partial charge in [0.1, 0.15) is 0 Å². The van der Waals surface area contributed by atoms with E-state index >= 15 is 0 Å². The van der Waals surface area contributed by atoms with Crippen LogP contribution < -0.4 is 11.1 Å². The lowest BCUT2D eigenvalue weighted by molar-refractivity contribution is -0.139. The van der Waals surface area contributed by atoms with E-state index in [4.69, 9.17) is 10.8 Å². The van der Waals surface area contributed by atoms with Gasteiger partial charge in [-0.25, -0.2) is 0 Å². The number of carbonyl (C=O) groups excluding carboxylic acids is 1. The second-order valence-electron chi connectivity index (χ2n) is 4.85. The third-order valence-corrected chi connectivity index (χ3v) is 3.31. The Hall–Kier alpha value is -1.10. The molecule has 0 unspecified atom stereocenters. The molecular formula is C12H22N2O3. The highest BCUT2D eigenvalue weighted by Gasteiger charge is 2.37. The second kappa shape index (κ2) is 6.59. The summed E-state index contributed by atoms with van der Waals surface area (Å²) in [6, 6.07) is 0. The largest absolute Gasteiger partial charge is 0.481 e.